The molecular formula is C8H19ClN2O2S. The van der Waals surface area contributed by atoms with Gasteiger partial charge in [0.05, 0.1) is 5.75 Å². The molecule has 0 radical (unpaired) electrons. The van der Waals surface area contributed by atoms with E-state index < -0.39 is 10.0 Å². The molecule has 1 rings (SSSR count). The minimum Gasteiger partial charge on any atom is -0.309 e. The first-order valence-corrected chi connectivity index (χ1v) is 6.30. The molecule has 0 spiro atoms. The van der Waals surface area contributed by atoms with Crippen LogP contribution in [0.15, 0.2) is 0 Å². The van der Waals surface area contributed by atoms with E-state index >= 15 is 0 Å². The van der Waals surface area contributed by atoms with Crippen molar-refractivity contribution in [2.24, 2.45) is 0 Å². The molecule has 0 aromatic rings. The second-order valence-electron chi connectivity index (χ2n) is 3.69. The van der Waals surface area contributed by atoms with Gasteiger partial charge in [-0.1, -0.05) is 0 Å². The zero-order chi connectivity index (χ0) is 10.1. The van der Waals surface area contributed by atoms with Crippen molar-refractivity contribution in [3.05, 3.63) is 0 Å². The molecule has 86 valence electrons. The zero-order valence-electron chi connectivity index (χ0n) is 8.86. The molecule has 0 aliphatic carbocycles. The fourth-order valence-corrected chi connectivity index (χ4v) is 2.95. The van der Waals surface area contributed by atoms with Gasteiger partial charge in [0, 0.05) is 25.2 Å². The molecule has 1 fully saturated rings. The van der Waals surface area contributed by atoms with Crippen molar-refractivity contribution in [2.45, 2.75) is 32.9 Å². The Balaban J connectivity index is 0.00000169. The standard InChI is InChI=1S/C8H18N2O2S.ClH/c1-4-13(11,12)10-5-7(2)9-8(3)6-10;/h7-9H,4-6H2,1-3H3;1H. The SMILES string of the molecule is CCS(=O)(=O)N1CC(C)NC(C)C1.Cl. The predicted molar refractivity (Wildman–Crippen MR) is 60.3 cm³/mol. The van der Waals surface area contributed by atoms with E-state index in [1.54, 1.807) is 11.2 Å². The van der Waals surface area contributed by atoms with Crippen molar-refractivity contribution in [2.75, 3.05) is 18.8 Å². The van der Waals surface area contributed by atoms with E-state index in [2.05, 4.69) is 5.32 Å². The third-order valence-electron chi connectivity index (χ3n) is 2.28. The van der Waals surface area contributed by atoms with Gasteiger partial charge in [-0.2, -0.15) is 4.31 Å². The molecule has 4 nitrogen and oxygen atoms in total. The molecule has 1 aliphatic heterocycles. The van der Waals surface area contributed by atoms with Crippen LogP contribution in [0.25, 0.3) is 0 Å². The van der Waals surface area contributed by atoms with Gasteiger partial charge >= 0.3 is 0 Å². The summed E-state index contributed by atoms with van der Waals surface area (Å²) in [4.78, 5) is 0. The number of rotatable bonds is 2. The first-order valence-electron chi connectivity index (χ1n) is 4.69. The van der Waals surface area contributed by atoms with Gasteiger partial charge in [0.25, 0.3) is 0 Å². The average Bonchev–Trinajstić information content (AvgIpc) is 2.02. The highest BCUT2D eigenvalue weighted by molar-refractivity contribution is 7.89. The van der Waals surface area contributed by atoms with E-state index in [4.69, 9.17) is 0 Å². The van der Waals surface area contributed by atoms with Crippen molar-refractivity contribution in [3.8, 4) is 0 Å². The highest BCUT2D eigenvalue weighted by Crippen LogP contribution is 2.09. The molecule has 1 aliphatic rings. The maximum absolute atomic E-state index is 11.5. The van der Waals surface area contributed by atoms with Crippen molar-refractivity contribution in [1.29, 1.82) is 0 Å². The summed E-state index contributed by atoms with van der Waals surface area (Å²) in [7, 11) is -2.99. The summed E-state index contributed by atoms with van der Waals surface area (Å²) in [6, 6.07) is 0.509. The summed E-state index contributed by atoms with van der Waals surface area (Å²) in [5.74, 6) is 0.201. The quantitative estimate of drug-likeness (QED) is 0.765. The third kappa shape index (κ3) is 3.38. The van der Waals surface area contributed by atoms with Crippen LogP contribution in [0.3, 0.4) is 0 Å². The Morgan fingerprint density at radius 3 is 2.07 bits per heavy atom. The second-order valence-corrected chi connectivity index (χ2v) is 5.94. The lowest BCUT2D eigenvalue weighted by atomic mass is 10.2. The molecule has 0 saturated carbocycles. The largest absolute Gasteiger partial charge is 0.309 e. The average molecular weight is 243 g/mol. The molecule has 0 aromatic carbocycles. The monoisotopic (exact) mass is 242 g/mol. The number of halogens is 1. The Morgan fingerprint density at radius 2 is 1.71 bits per heavy atom. The van der Waals surface area contributed by atoms with Crippen LogP contribution in [-0.4, -0.2) is 43.6 Å². The Bertz CT molecular complexity index is 259. The maximum atomic E-state index is 11.5. The molecule has 2 atom stereocenters. The lowest BCUT2D eigenvalue weighted by Crippen LogP contribution is -2.56. The van der Waals surface area contributed by atoms with Gasteiger partial charge < -0.3 is 5.32 Å². The van der Waals surface area contributed by atoms with Crippen molar-refractivity contribution in [1.82, 2.24) is 9.62 Å². The minimum atomic E-state index is -2.99. The number of hydrogen-bond acceptors (Lipinski definition) is 3. The lowest BCUT2D eigenvalue weighted by molar-refractivity contribution is 0.263. The van der Waals surface area contributed by atoms with Crippen LogP contribution in [0.4, 0.5) is 0 Å². The Labute approximate surface area is 92.5 Å². The van der Waals surface area contributed by atoms with E-state index in [9.17, 15) is 8.42 Å². The summed E-state index contributed by atoms with van der Waals surface area (Å²) in [6.45, 7) is 6.90. The predicted octanol–water partition coefficient (Wildman–Crippen LogP) is 0.440. The first kappa shape index (κ1) is 14.2. The van der Waals surface area contributed by atoms with Gasteiger partial charge in [0.2, 0.25) is 10.0 Å². The van der Waals surface area contributed by atoms with Crippen molar-refractivity contribution < 1.29 is 8.42 Å². The van der Waals surface area contributed by atoms with Crippen LogP contribution in [0.2, 0.25) is 0 Å². The van der Waals surface area contributed by atoms with Gasteiger partial charge in [-0.3, -0.25) is 0 Å². The Morgan fingerprint density at radius 1 is 1.29 bits per heavy atom. The third-order valence-corrected chi connectivity index (χ3v) is 4.10. The highest BCUT2D eigenvalue weighted by atomic mass is 35.5. The normalized spacial score (nSPS) is 29.6. The Hall–Kier alpha value is 0.160. The Kier molecular flexibility index (Phi) is 5.36. The van der Waals surface area contributed by atoms with E-state index in [0.29, 0.717) is 13.1 Å². The van der Waals surface area contributed by atoms with Crippen molar-refractivity contribution >= 4 is 22.4 Å². The molecular weight excluding hydrogens is 224 g/mol. The summed E-state index contributed by atoms with van der Waals surface area (Å²) >= 11 is 0. The molecule has 0 amide bonds. The van der Waals surface area contributed by atoms with Crippen LogP contribution in [-0.2, 0) is 10.0 Å². The van der Waals surface area contributed by atoms with Gasteiger partial charge in [-0.25, -0.2) is 8.42 Å². The van der Waals surface area contributed by atoms with Gasteiger partial charge in [0.15, 0.2) is 0 Å². The van der Waals surface area contributed by atoms with Crippen LogP contribution >= 0.6 is 12.4 Å². The van der Waals surface area contributed by atoms with Crippen LogP contribution < -0.4 is 5.32 Å². The van der Waals surface area contributed by atoms with Gasteiger partial charge in [0.1, 0.15) is 0 Å². The van der Waals surface area contributed by atoms with Crippen LogP contribution in [0, 0.1) is 0 Å². The smallest absolute Gasteiger partial charge is 0.213 e. The number of nitrogens with one attached hydrogen (secondary N) is 1. The fraction of sp³-hybridized carbons (Fsp3) is 1.00. The highest BCUT2D eigenvalue weighted by Gasteiger charge is 2.28. The topological polar surface area (TPSA) is 49.4 Å². The molecule has 1 saturated heterocycles. The maximum Gasteiger partial charge on any atom is 0.213 e. The molecule has 0 bridgehead atoms. The van der Waals surface area contributed by atoms with E-state index in [1.807, 2.05) is 13.8 Å². The van der Waals surface area contributed by atoms with Gasteiger partial charge in [-0.05, 0) is 20.8 Å². The summed E-state index contributed by atoms with van der Waals surface area (Å²) in [5.41, 5.74) is 0. The summed E-state index contributed by atoms with van der Waals surface area (Å²) in [5, 5.41) is 3.30. The van der Waals surface area contributed by atoms with Crippen LogP contribution in [0.1, 0.15) is 20.8 Å². The van der Waals surface area contributed by atoms with E-state index in [0.717, 1.165) is 0 Å². The fourth-order valence-electron chi connectivity index (χ4n) is 1.69. The molecule has 1 heterocycles. The second kappa shape index (κ2) is 5.30. The molecule has 0 aromatic heterocycles. The van der Waals surface area contributed by atoms with Crippen LogP contribution in [0.5, 0.6) is 0 Å². The summed E-state index contributed by atoms with van der Waals surface area (Å²) < 4.78 is 24.7. The lowest BCUT2D eigenvalue weighted by Gasteiger charge is -2.34. The van der Waals surface area contributed by atoms with Gasteiger partial charge in [-0.15, -0.1) is 12.4 Å². The summed E-state index contributed by atoms with van der Waals surface area (Å²) in [6.07, 6.45) is 0. The van der Waals surface area contributed by atoms with E-state index in [-0.39, 0.29) is 30.2 Å². The number of hydrogen-bond donors (Lipinski definition) is 1. The molecule has 6 heteroatoms. The first-order chi connectivity index (χ1) is 5.95. The number of sulfonamides is 1. The number of nitrogens with zero attached hydrogens (tertiary/aromatic N) is 1. The minimum absolute atomic E-state index is 0. The van der Waals surface area contributed by atoms with E-state index in [1.165, 1.54) is 0 Å². The molecule has 2 unspecified atom stereocenters. The molecule has 14 heavy (non-hydrogen) atoms. The molecule has 1 N–H and O–H groups in total. The zero-order valence-corrected chi connectivity index (χ0v) is 10.5. The van der Waals surface area contributed by atoms with Crippen molar-refractivity contribution in [3.63, 3.8) is 0 Å². The number of piperazine rings is 1.